The number of carboxylic acid groups (broad SMARTS) is 1. The Morgan fingerprint density at radius 2 is 1.92 bits per heavy atom. The summed E-state index contributed by atoms with van der Waals surface area (Å²) in [5.41, 5.74) is 4.17. The number of aromatic carboxylic acids is 1. The number of carbonyl (C=O) groups is 3. The van der Waals surface area contributed by atoms with Crippen molar-refractivity contribution in [3.05, 3.63) is 45.0 Å². The number of carboxylic acids is 1. The minimum absolute atomic E-state index is 0.0256. The van der Waals surface area contributed by atoms with Crippen molar-refractivity contribution in [3.63, 3.8) is 0 Å². The first kappa shape index (κ1) is 18.7. The molecule has 0 radical (unpaired) electrons. The third kappa shape index (κ3) is 3.73. The topological polar surface area (TPSA) is 89.9 Å². The van der Waals surface area contributed by atoms with E-state index in [2.05, 4.69) is 4.74 Å². The summed E-state index contributed by atoms with van der Waals surface area (Å²) in [6.45, 7) is 5.74. The predicted molar refractivity (Wildman–Crippen MR) is 90.7 cm³/mol. The maximum absolute atomic E-state index is 12.0. The summed E-state index contributed by atoms with van der Waals surface area (Å²) < 4.78 is 9.65. The molecule has 2 rings (SSSR count). The number of fused-ring (bicyclic) bond motifs is 1. The van der Waals surface area contributed by atoms with E-state index in [4.69, 9.17) is 4.74 Å². The van der Waals surface area contributed by atoms with E-state index >= 15 is 0 Å². The Kier molecular flexibility index (Phi) is 5.62. The fourth-order valence-electron chi connectivity index (χ4n) is 3.02. The lowest BCUT2D eigenvalue weighted by Gasteiger charge is -2.15. The van der Waals surface area contributed by atoms with Gasteiger partial charge in [-0.05, 0) is 50.3 Å². The number of rotatable bonds is 6. The van der Waals surface area contributed by atoms with E-state index in [1.54, 1.807) is 0 Å². The molecule has 134 valence electrons. The van der Waals surface area contributed by atoms with E-state index in [1.807, 2.05) is 26.8 Å². The molecule has 1 aliphatic heterocycles. The maximum atomic E-state index is 12.0. The van der Waals surface area contributed by atoms with Crippen molar-refractivity contribution in [1.29, 1.82) is 0 Å². The minimum Gasteiger partial charge on any atom is -0.478 e. The standard InChI is InChI=1S/C19H22O6/c1-10(6-8-15(20)24-4)5-7-13-11(2)12(3)14-9-25-19(23)17(14)16(13)18(21)22/h5H,6-9H2,1-4H3,(H,21,22). The van der Waals surface area contributed by atoms with Gasteiger partial charge in [-0.3, -0.25) is 4.79 Å². The fourth-order valence-corrected chi connectivity index (χ4v) is 3.02. The van der Waals surface area contributed by atoms with E-state index < -0.39 is 11.9 Å². The molecule has 1 N–H and O–H groups in total. The van der Waals surface area contributed by atoms with E-state index in [1.165, 1.54) is 7.11 Å². The highest BCUT2D eigenvalue weighted by molar-refractivity contribution is 6.06. The summed E-state index contributed by atoms with van der Waals surface area (Å²) in [5, 5.41) is 9.65. The number of hydrogen-bond acceptors (Lipinski definition) is 5. The molecule has 0 fully saturated rings. The number of allylic oxidation sites excluding steroid dienone is 2. The van der Waals surface area contributed by atoms with E-state index in [0.717, 1.165) is 16.7 Å². The molecular formula is C19H22O6. The summed E-state index contributed by atoms with van der Waals surface area (Å²) >= 11 is 0. The van der Waals surface area contributed by atoms with Gasteiger partial charge in [-0.2, -0.15) is 0 Å². The lowest BCUT2D eigenvalue weighted by molar-refractivity contribution is -0.140. The Balaban J connectivity index is 2.39. The van der Waals surface area contributed by atoms with Gasteiger partial charge in [0.25, 0.3) is 0 Å². The van der Waals surface area contributed by atoms with Gasteiger partial charge in [-0.15, -0.1) is 0 Å². The lowest BCUT2D eigenvalue weighted by Crippen LogP contribution is -2.13. The Hall–Kier alpha value is -2.63. The molecule has 1 aliphatic rings. The minimum atomic E-state index is -1.13. The van der Waals surface area contributed by atoms with Crippen molar-refractivity contribution < 1.29 is 29.0 Å². The Bertz CT molecular complexity index is 773. The molecule has 0 saturated heterocycles. The molecule has 0 aliphatic carbocycles. The highest BCUT2D eigenvalue weighted by atomic mass is 16.5. The van der Waals surface area contributed by atoms with Crippen LogP contribution in [0.1, 0.15) is 62.7 Å². The van der Waals surface area contributed by atoms with E-state index in [0.29, 0.717) is 24.0 Å². The zero-order valence-corrected chi connectivity index (χ0v) is 14.9. The molecule has 25 heavy (non-hydrogen) atoms. The molecular weight excluding hydrogens is 324 g/mol. The van der Waals surface area contributed by atoms with Crippen LogP contribution in [0.2, 0.25) is 0 Å². The largest absolute Gasteiger partial charge is 0.478 e. The van der Waals surface area contributed by atoms with E-state index in [9.17, 15) is 19.5 Å². The van der Waals surface area contributed by atoms with Crippen LogP contribution >= 0.6 is 0 Å². The van der Waals surface area contributed by atoms with Crippen molar-refractivity contribution in [2.75, 3.05) is 7.11 Å². The molecule has 1 aromatic rings. The van der Waals surface area contributed by atoms with Gasteiger partial charge in [0.15, 0.2) is 0 Å². The third-order valence-corrected chi connectivity index (χ3v) is 4.69. The SMILES string of the molecule is COC(=O)CCC(C)=CCc1c(C)c(C)c2c(c1C(=O)O)C(=O)OC2. The summed E-state index contributed by atoms with van der Waals surface area (Å²) in [6, 6.07) is 0. The van der Waals surface area contributed by atoms with Crippen molar-refractivity contribution >= 4 is 17.9 Å². The number of methoxy groups -OCH3 is 1. The van der Waals surface area contributed by atoms with Crippen LogP contribution in [0.15, 0.2) is 11.6 Å². The van der Waals surface area contributed by atoms with Crippen molar-refractivity contribution in [2.24, 2.45) is 0 Å². The average molecular weight is 346 g/mol. The summed E-state index contributed by atoms with van der Waals surface area (Å²) in [5.74, 6) is -2.00. The molecule has 0 unspecified atom stereocenters. The van der Waals surface area contributed by atoms with Crippen LogP contribution in [0.5, 0.6) is 0 Å². The van der Waals surface area contributed by atoms with Crippen LogP contribution in [0, 0.1) is 13.8 Å². The Labute approximate surface area is 146 Å². The van der Waals surface area contributed by atoms with Gasteiger partial charge in [0.2, 0.25) is 0 Å². The van der Waals surface area contributed by atoms with Gasteiger partial charge in [0.1, 0.15) is 6.61 Å². The van der Waals surface area contributed by atoms with Crippen molar-refractivity contribution in [1.82, 2.24) is 0 Å². The summed E-state index contributed by atoms with van der Waals surface area (Å²) in [6.07, 6.45) is 3.09. The Morgan fingerprint density at radius 3 is 2.52 bits per heavy atom. The molecule has 0 amide bonds. The second-order valence-electron chi connectivity index (χ2n) is 6.17. The van der Waals surface area contributed by atoms with Crippen LogP contribution < -0.4 is 0 Å². The van der Waals surface area contributed by atoms with Crippen molar-refractivity contribution in [2.45, 2.75) is 46.6 Å². The van der Waals surface area contributed by atoms with Crippen LogP contribution in [-0.4, -0.2) is 30.1 Å². The highest BCUT2D eigenvalue weighted by Crippen LogP contribution is 2.33. The molecule has 6 nitrogen and oxygen atoms in total. The van der Waals surface area contributed by atoms with Gasteiger partial charge >= 0.3 is 17.9 Å². The number of ether oxygens (including phenoxy) is 2. The first-order valence-electron chi connectivity index (χ1n) is 8.05. The Morgan fingerprint density at radius 1 is 1.24 bits per heavy atom. The zero-order chi connectivity index (χ0) is 18.7. The fraction of sp³-hybridized carbons (Fsp3) is 0.421. The first-order valence-corrected chi connectivity index (χ1v) is 8.05. The quantitative estimate of drug-likeness (QED) is 0.629. The number of esters is 2. The molecule has 0 spiro atoms. The third-order valence-electron chi connectivity index (χ3n) is 4.69. The normalized spacial score (nSPS) is 13.4. The second-order valence-corrected chi connectivity index (χ2v) is 6.17. The van der Waals surface area contributed by atoms with Gasteiger partial charge in [0.05, 0.1) is 18.2 Å². The first-order chi connectivity index (χ1) is 11.8. The van der Waals surface area contributed by atoms with Gasteiger partial charge in [-0.25, -0.2) is 9.59 Å². The molecule has 0 bridgehead atoms. The highest BCUT2D eigenvalue weighted by Gasteiger charge is 2.32. The second kappa shape index (κ2) is 7.51. The average Bonchev–Trinajstić information content (AvgIpc) is 2.95. The van der Waals surface area contributed by atoms with Crippen LogP contribution in [0.3, 0.4) is 0 Å². The zero-order valence-electron chi connectivity index (χ0n) is 14.9. The number of carbonyl (C=O) groups excluding carboxylic acids is 2. The molecule has 1 heterocycles. The lowest BCUT2D eigenvalue weighted by atomic mass is 9.87. The van der Waals surface area contributed by atoms with Crippen LogP contribution in [0.25, 0.3) is 0 Å². The monoisotopic (exact) mass is 346 g/mol. The van der Waals surface area contributed by atoms with Gasteiger partial charge in [-0.1, -0.05) is 11.6 Å². The predicted octanol–water partition coefficient (Wildman–Crippen LogP) is 3.11. The number of hydrogen-bond donors (Lipinski definition) is 1. The van der Waals surface area contributed by atoms with Gasteiger partial charge in [0, 0.05) is 12.0 Å². The smallest absolute Gasteiger partial charge is 0.339 e. The molecule has 0 atom stereocenters. The van der Waals surface area contributed by atoms with E-state index in [-0.39, 0.29) is 30.1 Å². The molecule has 0 saturated carbocycles. The van der Waals surface area contributed by atoms with Crippen molar-refractivity contribution in [3.8, 4) is 0 Å². The molecule has 0 aromatic heterocycles. The summed E-state index contributed by atoms with van der Waals surface area (Å²) in [7, 11) is 1.34. The van der Waals surface area contributed by atoms with Crippen LogP contribution in [-0.2, 0) is 27.3 Å². The number of cyclic esters (lactones) is 1. The summed E-state index contributed by atoms with van der Waals surface area (Å²) in [4.78, 5) is 35.0. The van der Waals surface area contributed by atoms with Gasteiger partial charge < -0.3 is 14.6 Å². The maximum Gasteiger partial charge on any atom is 0.339 e. The molecule has 6 heteroatoms. The molecule has 1 aromatic carbocycles. The number of benzene rings is 1. The van der Waals surface area contributed by atoms with Crippen LogP contribution in [0.4, 0.5) is 0 Å².